The third kappa shape index (κ3) is 3.52. The zero-order valence-corrected chi connectivity index (χ0v) is 19.3. The van der Waals surface area contributed by atoms with E-state index in [0.717, 1.165) is 31.8 Å². The van der Waals surface area contributed by atoms with Crippen LogP contribution in [0.1, 0.15) is 17.5 Å². The molecule has 0 saturated heterocycles. The first kappa shape index (κ1) is 19.9. The van der Waals surface area contributed by atoms with Gasteiger partial charge in [0.1, 0.15) is 17.9 Å². The van der Waals surface area contributed by atoms with Crippen LogP contribution in [0.5, 0.6) is 23.1 Å². The van der Waals surface area contributed by atoms with Gasteiger partial charge in [0, 0.05) is 39.7 Å². The summed E-state index contributed by atoms with van der Waals surface area (Å²) in [4.78, 5) is 13.5. The zero-order chi connectivity index (χ0) is 21.5. The second kappa shape index (κ2) is 7.88. The molecular weight excluding hydrogens is 511 g/mol. The molecule has 0 spiro atoms. The topological polar surface area (TPSA) is 80.5 Å². The first-order valence-electron chi connectivity index (χ1n) is 9.60. The van der Waals surface area contributed by atoms with Gasteiger partial charge in [-0.1, -0.05) is 0 Å². The molecule has 31 heavy (non-hydrogen) atoms. The average Bonchev–Trinajstić information content (AvgIpc) is 3.12. The lowest BCUT2D eigenvalue weighted by atomic mass is 10.1. The minimum Gasteiger partial charge on any atom is -0.493 e. The van der Waals surface area contributed by atoms with Crippen molar-refractivity contribution in [3.8, 4) is 28.8 Å². The second-order valence-corrected chi connectivity index (χ2v) is 8.26. The third-order valence-electron chi connectivity index (χ3n) is 5.11. The van der Waals surface area contributed by atoms with Gasteiger partial charge in [0.2, 0.25) is 11.6 Å². The van der Waals surface area contributed by atoms with Gasteiger partial charge in [-0.25, -0.2) is 15.0 Å². The Morgan fingerprint density at radius 3 is 2.71 bits per heavy atom. The van der Waals surface area contributed by atoms with E-state index < -0.39 is 0 Å². The third-order valence-corrected chi connectivity index (χ3v) is 5.70. The molecule has 0 bridgehead atoms. The van der Waals surface area contributed by atoms with E-state index in [0.29, 0.717) is 29.7 Å². The molecule has 1 aliphatic heterocycles. The van der Waals surface area contributed by atoms with E-state index in [1.807, 2.05) is 42.0 Å². The Hall–Kier alpha value is -3.08. The number of hydrogen-bond acceptors (Lipinski definition) is 7. The fourth-order valence-electron chi connectivity index (χ4n) is 3.64. The predicted octanol–water partition coefficient (Wildman–Crippen LogP) is 4.26. The number of fused-ring (bicyclic) bond motifs is 2. The number of hydrogen-bond donors (Lipinski definition) is 0. The van der Waals surface area contributed by atoms with Crippen molar-refractivity contribution < 1.29 is 18.9 Å². The fourth-order valence-corrected chi connectivity index (χ4v) is 4.07. The molecule has 0 fully saturated rings. The highest BCUT2D eigenvalue weighted by molar-refractivity contribution is 14.1. The number of pyridine rings is 2. The summed E-state index contributed by atoms with van der Waals surface area (Å²) in [6.07, 6.45) is 3.25. The predicted molar refractivity (Wildman–Crippen MR) is 123 cm³/mol. The first-order chi connectivity index (χ1) is 15.1. The summed E-state index contributed by atoms with van der Waals surface area (Å²) in [7, 11) is 3.20. The number of methoxy groups -OCH3 is 2. The van der Waals surface area contributed by atoms with Crippen molar-refractivity contribution in [2.24, 2.45) is 0 Å². The van der Waals surface area contributed by atoms with Crippen molar-refractivity contribution in [2.75, 3.05) is 20.8 Å². The average molecular weight is 530 g/mol. The number of aryl methyl sites for hydroxylation is 1. The lowest BCUT2D eigenvalue weighted by Crippen LogP contribution is -2.22. The van der Waals surface area contributed by atoms with Gasteiger partial charge in [-0.15, -0.1) is 0 Å². The van der Waals surface area contributed by atoms with Crippen LogP contribution < -0.4 is 18.9 Å². The summed E-state index contributed by atoms with van der Waals surface area (Å²) >= 11 is 2.23. The van der Waals surface area contributed by atoms with Gasteiger partial charge >= 0.3 is 0 Å². The number of nitrogens with zero attached hydrogens (tertiary/aromatic N) is 4. The molecule has 8 nitrogen and oxygen atoms in total. The van der Waals surface area contributed by atoms with Crippen LogP contribution >= 0.6 is 22.6 Å². The van der Waals surface area contributed by atoms with Gasteiger partial charge in [-0.05, 0) is 41.6 Å². The maximum Gasteiger partial charge on any atom is 0.212 e. The maximum atomic E-state index is 6.25. The Bertz CT molecular complexity index is 1260. The molecule has 4 aromatic rings. The monoisotopic (exact) mass is 530 g/mol. The zero-order valence-electron chi connectivity index (χ0n) is 17.1. The van der Waals surface area contributed by atoms with Crippen LogP contribution in [-0.2, 0) is 0 Å². The maximum absolute atomic E-state index is 6.25. The summed E-state index contributed by atoms with van der Waals surface area (Å²) in [6.45, 7) is 2.30. The quantitative estimate of drug-likeness (QED) is 0.365. The van der Waals surface area contributed by atoms with Crippen LogP contribution in [0.3, 0.4) is 0 Å². The largest absolute Gasteiger partial charge is 0.493 e. The van der Waals surface area contributed by atoms with Gasteiger partial charge in [0.25, 0.3) is 0 Å². The fraction of sp³-hybridized carbons (Fsp3) is 0.227. The van der Waals surface area contributed by atoms with Crippen LogP contribution in [0.25, 0.3) is 16.9 Å². The lowest BCUT2D eigenvalue weighted by Gasteiger charge is -2.28. The van der Waals surface area contributed by atoms with Crippen LogP contribution in [0.4, 0.5) is 0 Å². The molecule has 0 N–H and O–H groups in total. The summed E-state index contributed by atoms with van der Waals surface area (Å²) in [6, 6.07) is 9.56. The molecule has 1 atom stereocenters. The first-order valence-corrected chi connectivity index (χ1v) is 10.7. The van der Waals surface area contributed by atoms with Crippen LogP contribution in [0.2, 0.25) is 0 Å². The van der Waals surface area contributed by atoms with Gasteiger partial charge in [-0.3, -0.25) is 4.57 Å². The summed E-state index contributed by atoms with van der Waals surface area (Å²) in [5.74, 6) is 3.12. The van der Waals surface area contributed by atoms with Gasteiger partial charge in [-0.2, -0.15) is 0 Å². The normalized spacial score (nSPS) is 15.2. The number of halogens is 1. The van der Waals surface area contributed by atoms with Gasteiger partial charge < -0.3 is 18.9 Å². The van der Waals surface area contributed by atoms with Crippen molar-refractivity contribution in [1.82, 2.24) is 19.5 Å². The van der Waals surface area contributed by atoms with Crippen molar-refractivity contribution in [3.05, 3.63) is 57.7 Å². The number of ether oxygens (including phenoxy) is 4. The smallest absolute Gasteiger partial charge is 0.212 e. The van der Waals surface area contributed by atoms with E-state index >= 15 is 0 Å². The van der Waals surface area contributed by atoms with Crippen molar-refractivity contribution in [1.29, 1.82) is 0 Å². The lowest BCUT2D eigenvalue weighted by molar-refractivity contribution is 0.0868. The van der Waals surface area contributed by atoms with Crippen LogP contribution in [-0.4, -0.2) is 40.3 Å². The summed E-state index contributed by atoms with van der Waals surface area (Å²) in [5.41, 5.74) is 3.36. The molecule has 158 valence electrons. The van der Waals surface area contributed by atoms with Crippen LogP contribution in [0.15, 0.2) is 42.7 Å². The molecule has 4 heterocycles. The molecule has 1 aliphatic rings. The molecular formula is C22H19IN4O4. The number of rotatable bonds is 4. The summed E-state index contributed by atoms with van der Waals surface area (Å²) in [5, 5.41) is 0. The second-order valence-electron chi connectivity index (χ2n) is 7.02. The van der Waals surface area contributed by atoms with Crippen molar-refractivity contribution in [3.63, 3.8) is 0 Å². The van der Waals surface area contributed by atoms with E-state index in [4.69, 9.17) is 18.9 Å². The van der Waals surface area contributed by atoms with Gasteiger partial charge in [0.05, 0.1) is 19.9 Å². The molecule has 0 radical (unpaired) electrons. The standard InChI is InChI=1S/C22H19IN4O4/c1-12-26-16-6-14(23)10-25-22(16)27(12)15-7-17(28-2)21-18(8-15)30-11-19(31-21)13-4-5-20(29-3)24-9-13/h4-10,19H,11H2,1-3H3. The molecule has 0 amide bonds. The Labute approximate surface area is 192 Å². The minimum atomic E-state index is -0.301. The Morgan fingerprint density at radius 2 is 1.97 bits per heavy atom. The molecule has 0 aliphatic carbocycles. The Morgan fingerprint density at radius 1 is 1.10 bits per heavy atom. The van der Waals surface area contributed by atoms with E-state index in [2.05, 4.69) is 37.5 Å². The highest BCUT2D eigenvalue weighted by Gasteiger charge is 2.28. The Kier molecular flexibility index (Phi) is 5.05. The highest BCUT2D eigenvalue weighted by atomic mass is 127. The van der Waals surface area contributed by atoms with Gasteiger partial charge in [0.15, 0.2) is 23.3 Å². The molecule has 9 heteroatoms. The number of benzene rings is 1. The van der Waals surface area contributed by atoms with E-state index in [9.17, 15) is 0 Å². The molecule has 5 rings (SSSR count). The molecule has 1 aromatic carbocycles. The molecule has 0 saturated carbocycles. The van der Waals surface area contributed by atoms with E-state index in [1.54, 1.807) is 26.5 Å². The highest BCUT2D eigenvalue weighted by Crippen LogP contribution is 2.45. The van der Waals surface area contributed by atoms with Crippen molar-refractivity contribution in [2.45, 2.75) is 13.0 Å². The minimum absolute atomic E-state index is 0.301. The van der Waals surface area contributed by atoms with Crippen molar-refractivity contribution >= 4 is 33.8 Å². The molecule has 3 aromatic heterocycles. The number of aromatic nitrogens is 4. The Balaban J connectivity index is 1.54. The summed E-state index contributed by atoms with van der Waals surface area (Å²) < 4.78 is 26.1. The van der Waals surface area contributed by atoms with E-state index in [1.165, 1.54) is 0 Å². The SMILES string of the molecule is COc1ccc(C2COc3cc(-n4c(C)nc5cc(I)cnc54)cc(OC)c3O2)cn1. The van der Waals surface area contributed by atoms with E-state index in [-0.39, 0.29) is 6.10 Å². The van der Waals surface area contributed by atoms with Crippen LogP contribution in [0, 0.1) is 10.5 Å². The number of imidazole rings is 1. The molecule has 1 unspecified atom stereocenters.